The minimum absolute atomic E-state index is 0.260. The van der Waals surface area contributed by atoms with E-state index < -0.39 is 11.6 Å². The van der Waals surface area contributed by atoms with Crippen molar-refractivity contribution in [3.8, 4) is 11.3 Å². The number of rotatable bonds is 4. The Labute approximate surface area is 159 Å². The quantitative estimate of drug-likeness (QED) is 0.345. The zero-order chi connectivity index (χ0) is 18.8. The monoisotopic (exact) mass is 379 g/mol. The molecule has 0 atom stereocenters. The van der Waals surface area contributed by atoms with Crippen molar-refractivity contribution in [2.75, 3.05) is 5.43 Å². The second-order valence-corrected chi connectivity index (χ2v) is 6.89. The number of hydrogen-bond acceptors (Lipinski definition) is 4. The van der Waals surface area contributed by atoms with Crippen LogP contribution in [0.2, 0.25) is 0 Å². The SMILES string of the molecule is C/C(=N/Nc1nc(-c2ccc(F)cc2F)cs1)c1ccc2ccccc2c1. The third-order valence-electron chi connectivity index (χ3n) is 4.20. The van der Waals surface area contributed by atoms with Gasteiger partial charge in [0.2, 0.25) is 5.13 Å². The molecule has 3 aromatic carbocycles. The largest absolute Gasteiger partial charge is 0.252 e. The van der Waals surface area contributed by atoms with Gasteiger partial charge >= 0.3 is 0 Å². The van der Waals surface area contributed by atoms with Crippen molar-refractivity contribution < 1.29 is 8.78 Å². The topological polar surface area (TPSA) is 37.3 Å². The van der Waals surface area contributed by atoms with E-state index in [2.05, 4.69) is 39.8 Å². The van der Waals surface area contributed by atoms with E-state index in [1.54, 1.807) is 5.38 Å². The number of hydrazone groups is 1. The average molecular weight is 379 g/mol. The van der Waals surface area contributed by atoms with Crippen molar-refractivity contribution in [1.82, 2.24) is 4.98 Å². The zero-order valence-electron chi connectivity index (χ0n) is 14.4. The predicted octanol–water partition coefficient (Wildman–Crippen LogP) is 6.08. The average Bonchev–Trinajstić information content (AvgIpc) is 3.14. The number of aromatic nitrogens is 1. The normalized spacial score (nSPS) is 11.7. The van der Waals surface area contributed by atoms with E-state index in [1.165, 1.54) is 28.9 Å². The standard InChI is InChI=1S/C21H15F2N3S/c1-13(15-7-6-14-4-2-3-5-16(14)10-15)25-26-21-24-20(12-27-21)18-9-8-17(22)11-19(18)23/h2-12H,1H3,(H,24,26)/b25-13-. The number of benzene rings is 3. The van der Waals surface area contributed by atoms with Crippen molar-refractivity contribution in [1.29, 1.82) is 0 Å². The molecule has 0 saturated carbocycles. The lowest BCUT2D eigenvalue weighted by Gasteiger charge is -2.04. The molecule has 1 N–H and O–H groups in total. The maximum absolute atomic E-state index is 13.9. The van der Waals surface area contributed by atoms with Gasteiger partial charge in [-0.05, 0) is 41.5 Å². The molecule has 6 heteroatoms. The van der Waals surface area contributed by atoms with Crippen molar-refractivity contribution in [2.45, 2.75) is 6.92 Å². The molecule has 1 aromatic heterocycles. The number of fused-ring (bicyclic) bond motifs is 1. The Kier molecular flexibility index (Phi) is 4.64. The van der Waals surface area contributed by atoms with E-state index in [4.69, 9.17) is 0 Å². The van der Waals surface area contributed by atoms with Crippen molar-refractivity contribution >= 4 is 33.0 Å². The Morgan fingerprint density at radius 2 is 1.81 bits per heavy atom. The molecule has 0 unspecified atom stereocenters. The maximum Gasteiger partial charge on any atom is 0.203 e. The third kappa shape index (κ3) is 3.71. The molecule has 0 bridgehead atoms. The van der Waals surface area contributed by atoms with Gasteiger partial charge < -0.3 is 0 Å². The summed E-state index contributed by atoms with van der Waals surface area (Å²) in [4.78, 5) is 4.32. The molecule has 0 fully saturated rings. The Morgan fingerprint density at radius 3 is 2.63 bits per heavy atom. The predicted molar refractivity (Wildman–Crippen MR) is 107 cm³/mol. The summed E-state index contributed by atoms with van der Waals surface area (Å²) in [5, 5.41) is 8.94. The van der Waals surface area contributed by atoms with Crippen molar-refractivity contribution in [3.05, 3.63) is 83.2 Å². The highest BCUT2D eigenvalue weighted by Crippen LogP contribution is 2.27. The molecule has 0 spiro atoms. The van der Waals surface area contributed by atoms with Crippen LogP contribution >= 0.6 is 11.3 Å². The van der Waals surface area contributed by atoms with Crippen LogP contribution in [0.1, 0.15) is 12.5 Å². The molecule has 134 valence electrons. The van der Waals surface area contributed by atoms with Crippen LogP contribution in [0.3, 0.4) is 0 Å². The Bertz CT molecular complexity index is 1150. The van der Waals surface area contributed by atoms with Gasteiger partial charge in [-0.2, -0.15) is 5.10 Å². The molecule has 0 aliphatic rings. The Balaban J connectivity index is 1.54. The summed E-state index contributed by atoms with van der Waals surface area (Å²) in [6.45, 7) is 1.91. The number of nitrogens with zero attached hydrogens (tertiary/aromatic N) is 2. The summed E-state index contributed by atoms with van der Waals surface area (Å²) in [7, 11) is 0. The van der Waals surface area contributed by atoms with E-state index in [1.807, 2.05) is 25.1 Å². The summed E-state index contributed by atoms with van der Waals surface area (Å²) in [5.74, 6) is -1.25. The fourth-order valence-electron chi connectivity index (χ4n) is 2.76. The molecule has 1 heterocycles. The number of anilines is 1. The fraction of sp³-hybridized carbons (Fsp3) is 0.0476. The first kappa shape index (κ1) is 17.3. The van der Waals surface area contributed by atoms with Gasteiger partial charge in [0.1, 0.15) is 11.6 Å². The summed E-state index contributed by atoms with van der Waals surface area (Å²) >= 11 is 1.31. The van der Waals surface area contributed by atoms with E-state index in [-0.39, 0.29) is 5.56 Å². The Morgan fingerprint density at radius 1 is 1.00 bits per heavy atom. The molecule has 0 radical (unpaired) electrons. The van der Waals surface area contributed by atoms with Gasteiger partial charge in [-0.25, -0.2) is 13.8 Å². The van der Waals surface area contributed by atoms with Crippen LogP contribution in [0.4, 0.5) is 13.9 Å². The lowest BCUT2D eigenvalue weighted by Crippen LogP contribution is -1.99. The molecule has 0 amide bonds. The van der Waals surface area contributed by atoms with E-state index >= 15 is 0 Å². The number of nitrogens with one attached hydrogen (secondary N) is 1. The van der Waals surface area contributed by atoms with E-state index in [0.717, 1.165) is 22.7 Å². The Hall–Kier alpha value is -3.12. The number of halogens is 2. The van der Waals surface area contributed by atoms with Gasteiger partial charge in [-0.3, -0.25) is 5.43 Å². The van der Waals surface area contributed by atoms with Crippen LogP contribution in [0.25, 0.3) is 22.0 Å². The summed E-state index contributed by atoms with van der Waals surface area (Å²) < 4.78 is 26.9. The van der Waals surface area contributed by atoms with Crippen LogP contribution in [0, 0.1) is 11.6 Å². The molecule has 0 saturated heterocycles. The summed E-state index contributed by atoms with van der Waals surface area (Å²) in [5.41, 5.74) is 5.43. The third-order valence-corrected chi connectivity index (χ3v) is 4.94. The molecular formula is C21H15F2N3S. The highest BCUT2D eigenvalue weighted by molar-refractivity contribution is 7.14. The van der Waals surface area contributed by atoms with Crippen LogP contribution in [-0.2, 0) is 0 Å². The first-order chi connectivity index (χ1) is 13.1. The van der Waals surface area contributed by atoms with Gasteiger partial charge in [0.05, 0.1) is 11.4 Å². The fourth-order valence-corrected chi connectivity index (χ4v) is 3.41. The summed E-state index contributed by atoms with van der Waals surface area (Å²) in [6.07, 6.45) is 0. The van der Waals surface area contributed by atoms with Crippen LogP contribution in [0.5, 0.6) is 0 Å². The van der Waals surface area contributed by atoms with Crippen LogP contribution < -0.4 is 5.43 Å². The number of thiazole rings is 1. The highest BCUT2D eigenvalue weighted by atomic mass is 32.1. The molecule has 3 nitrogen and oxygen atoms in total. The van der Waals surface area contributed by atoms with E-state index in [9.17, 15) is 8.78 Å². The maximum atomic E-state index is 13.9. The lowest BCUT2D eigenvalue weighted by atomic mass is 10.0. The smallest absolute Gasteiger partial charge is 0.203 e. The molecular weight excluding hydrogens is 364 g/mol. The zero-order valence-corrected chi connectivity index (χ0v) is 15.2. The highest BCUT2D eigenvalue weighted by Gasteiger charge is 2.10. The molecule has 0 aliphatic heterocycles. The minimum Gasteiger partial charge on any atom is -0.252 e. The second-order valence-electron chi connectivity index (χ2n) is 6.03. The summed E-state index contributed by atoms with van der Waals surface area (Å²) in [6, 6.07) is 17.7. The molecule has 4 rings (SSSR count). The van der Waals surface area contributed by atoms with Gasteiger partial charge in [0, 0.05) is 17.0 Å². The molecule has 27 heavy (non-hydrogen) atoms. The van der Waals surface area contributed by atoms with Gasteiger partial charge in [0.25, 0.3) is 0 Å². The minimum atomic E-state index is -0.636. The molecule has 4 aromatic rings. The van der Waals surface area contributed by atoms with Gasteiger partial charge in [-0.15, -0.1) is 11.3 Å². The first-order valence-electron chi connectivity index (χ1n) is 8.30. The van der Waals surface area contributed by atoms with Crippen LogP contribution in [0.15, 0.2) is 71.1 Å². The van der Waals surface area contributed by atoms with E-state index in [0.29, 0.717) is 10.8 Å². The van der Waals surface area contributed by atoms with Crippen LogP contribution in [-0.4, -0.2) is 10.7 Å². The van der Waals surface area contributed by atoms with Crippen molar-refractivity contribution in [3.63, 3.8) is 0 Å². The first-order valence-corrected chi connectivity index (χ1v) is 9.18. The lowest BCUT2D eigenvalue weighted by molar-refractivity contribution is 0.585. The molecule has 0 aliphatic carbocycles. The van der Waals surface area contributed by atoms with Crippen molar-refractivity contribution in [2.24, 2.45) is 5.10 Å². The second kappa shape index (κ2) is 7.25. The number of hydrogen-bond donors (Lipinski definition) is 1. The van der Waals surface area contributed by atoms with Gasteiger partial charge in [-0.1, -0.05) is 36.4 Å². The van der Waals surface area contributed by atoms with Gasteiger partial charge in [0.15, 0.2) is 0 Å².